The molecule has 1 amide bonds. The second-order valence-electron chi connectivity index (χ2n) is 9.82. The average molecular weight is 494 g/mol. The van der Waals surface area contributed by atoms with Gasteiger partial charge in [0.25, 0.3) is 0 Å². The van der Waals surface area contributed by atoms with Gasteiger partial charge in [0.2, 0.25) is 5.91 Å². The van der Waals surface area contributed by atoms with Crippen LogP contribution in [0.4, 0.5) is 0 Å². The van der Waals surface area contributed by atoms with Gasteiger partial charge in [0.15, 0.2) is 6.10 Å². The van der Waals surface area contributed by atoms with E-state index in [-0.39, 0.29) is 5.91 Å². The number of amides is 1. The van der Waals surface area contributed by atoms with Crippen molar-refractivity contribution in [2.24, 2.45) is 5.92 Å². The molecule has 1 aromatic rings. The molecule has 0 saturated carbocycles. The van der Waals surface area contributed by atoms with Crippen LogP contribution in [0.15, 0.2) is 77.4 Å². The largest absolute Gasteiger partial charge is 0.467 e. The SMILES string of the molecule is COC(=O)[C@@H](O)C/C(C)=C\CC[C@H](C)/C=C/C=C(\C)CCCC1=CCN(CCc2ccccc2)C1=O. The predicted octanol–water partition coefficient (Wildman–Crippen LogP) is 5.96. The summed E-state index contributed by atoms with van der Waals surface area (Å²) >= 11 is 0. The molecular formula is C31H43NO4. The van der Waals surface area contributed by atoms with Gasteiger partial charge >= 0.3 is 5.97 Å². The van der Waals surface area contributed by atoms with E-state index < -0.39 is 12.1 Å². The molecule has 0 aromatic heterocycles. The first kappa shape index (κ1) is 29.3. The molecule has 0 fully saturated rings. The van der Waals surface area contributed by atoms with Crippen LogP contribution in [0.2, 0.25) is 0 Å². The Hall–Kier alpha value is -2.92. The Morgan fingerprint density at radius 1 is 1.17 bits per heavy atom. The molecule has 196 valence electrons. The van der Waals surface area contributed by atoms with Gasteiger partial charge in [-0.2, -0.15) is 0 Å². The topological polar surface area (TPSA) is 66.8 Å². The number of rotatable bonds is 15. The summed E-state index contributed by atoms with van der Waals surface area (Å²) in [6.07, 6.45) is 15.5. The molecule has 0 saturated heterocycles. The van der Waals surface area contributed by atoms with E-state index in [1.807, 2.05) is 30.0 Å². The van der Waals surface area contributed by atoms with Crippen molar-refractivity contribution in [1.29, 1.82) is 0 Å². The molecule has 36 heavy (non-hydrogen) atoms. The Kier molecular flexibility index (Phi) is 13.0. The van der Waals surface area contributed by atoms with Crippen LogP contribution in [0.25, 0.3) is 0 Å². The molecule has 2 atom stereocenters. The highest BCUT2D eigenvalue weighted by Gasteiger charge is 2.22. The lowest BCUT2D eigenvalue weighted by Crippen LogP contribution is -2.29. The minimum absolute atomic E-state index is 0.199. The van der Waals surface area contributed by atoms with E-state index in [9.17, 15) is 14.7 Å². The Labute approximate surface area is 217 Å². The van der Waals surface area contributed by atoms with Gasteiger partial charge in [-0.3, -0.25) is 4.79 Å². The first-order valence-corrected chi connectivity index (χ1v) is 13.1. The Morgan fingerprint density at radius 3 is 2.64 bits per heavy atom. The van der Waals surface area contributed by atoms with Crippen molar-refractivity contribution in [2.75, 3.05) is 20.2 Å². The lowest BCUT2D eigenvalue weighted by molar-refractivity contribution is -0.150. The summed E-state index contributed by atoms with van der Waals surface area (Å²) in [7, 11) is 1.28. The van der Waals surface area contributed by atoms with Crippen molar-refractivity contribution < 1.29 is 19.4 Å². The van der Waals surface area contributed by atoms with Crippen molar-refractivity contribution in [3.63, 3.8) is 0 Å². The summed E-state index contributed by atoms with van der Waals surface area (Å²) in [5.41, 5.74) is 4.54. The van der Waals surface area contributed by atoms with E-state index in [1.54, 1.807) is 0 Å². The van der Waals surface area contributed by atoms with Gasteiger partial charge in [-0.1, -0.05) is 78.8 Å². The number of nitrogens with zero attached hydrogens (tertiary/aromatic N) is 1. The lowest BCUT2D eigenvalue weighted by Gasteiger charge is -2.16. The lowest BCUT2D eigenvalue weighted by atomic mass is 10.0. The second-order valence-corrected chi connectivity index (χ2v) is 9.82. The molecule has 0 radical (unpaired) electrons. The molecule has 2 rings (SSSR count). The Balaban J connectivity index is 1.63. The fourth-order valence-corrected chi connectivity index (χ4v) is 4.25. The zero-order chi connectivity index (χ0) is 26.3. The van der Waals surface area contributed by atoms with E-state index in [0.717, 1.165) is 62.8 Å². The molecular weight excluding hydrogens is 450 g/mol. The minimum Gasteiger partial charge on any atom is -0.467 e. The first-order chi connectivity index (χ1) is 17.3. The Morgan fingerprint density at radius 2 is 1.92 bits per heavy atom. The zero-order valence-corrected chi connectivity index (χ0v) is 22.4. The van der Waals surface area contributed by atoms with Crippen molar-refractivity contribution in [2.45, 2.75) is 71.8 Å². The van der Waals surface area contributed by atoms with Gasteiger partial charge in [-0.25, -0.2) is 4.79 Å². The van der Waals surface area contributed by atoms with Gasteiger partial charge in [-0.15, -0.1) is 0 Å². The van der Waals surface area contributed by atoms with Crippen molar-refractivity contribution in [3.8, 4) is 0 Å². The first-order valence-electron chi connectivity index (χ1n) is 13.1. The highest BCUT2D eigenvalue weighted by Crippen LogP contribution is 2.20. The molecule has 5 heteroatoms. The third-order valence-corrected chi connectivity index (χ3v) is 6.57. The maximum Gasteiger partial charge on any atom is 0.335 e. The molecule has 0 aliphatic carbocycles. The number of carbonyl (C=O) groups excluding carboxylic acids is 2. The molecule has 0 bridgehead atoms. The Bertz CT molecular complexity index is 958. The molecule has 1 aliphatic rings. The van der Waals surface area contributed by atoms with Gasteiger partial charge in [0.05, 0.1) is 7.11 Å². The second kappa shape index (κ2) is 15.9. The smallest absolute Gasteiger partial charge is 0.335 e. The number of esters is 1. The van der Waals surface area contributed by atoms with Crippen LogP contribution in [0.1, 0.15) is 64.9 Å². The van der Waals surface area contributed by atoms with Crippen LogP contribution >= 0.6 is 0 Å². The van der Waals surface area contributed by atoms with Crippen molar-refractivity contribution in [1.82, 2.24) is 4.90 Å². The third kappa shape index (κ3) is 10.8. The molecule has 1 N–H and O–H groups in total. The number of hydrogen-bond acceptors (Lipinski definition) is 4. The quantitative estimate of drug-likeness (QED) is 0.186. The highest BCUT2D eigenvalue weighted by molar-refractivity contribution is 5.95. The minimum atomic E-state index is -1.08. The normalized spacial score (nSPS) is 16.4. The number of allylic oxidation sites excluding steroid dienone is 5. The molecule has 1 aliphatic heterocycles. The third-order valence-electron chi connectivity index (χ3n) is 6.57. The number of ether oxygens (including phenoxy) is 1. The predicted molar refractivity (Wildman–Crippen MR) is 146 cm³/mol. The van der Waals surface area contributed by atoms with Crippen LogP contribution in [-0.2, 0) is 20.7 Å². The summed E-state index contributed by atoms with van der Waals surface area (Å²) in [5.74, 6) is 0.0470. The van der Waals surface area contributed by atoms with Crippen LogP contribution in [0.3, 0.4) is 0 Å². The number of carbonyl (C=O) groups is 2. The fraction of sp³-hybridized carbons (Fsp3) is 0.484. The number of benzene rings is 1. The highest BCUT2D eigenvalue weighted by atomic mass is 16.5. The van der Waals surface area contributed by atoms with Gasteiger partial charge in [0.1, 0.15) is 0 Å². The summed E-state index contributed by atoms with van der Waals surface area (Å²) in [5, 5.41) is 9.72. The summed E-state index contributed by atoms with van der Waals surface area (Å²) in [6.45, 7) is 7.77. The van der Waals surface area contributed by atoms with Crippen LogP contribution in [-0.4, -0.2) is 48.2 Å². The van der Waals surface area contributed by atoms with Crippen molar-refractivity contribution >= 4 is 11.9 Å². The van der Waals surface area contributed by atoms with Crippen LogP contribution in [0, 0.1) is 5.92 Å². The van der Waals surface area contributed by atoms with Crippen LogP contribution in [0.5, 0.6) is 0 Å². The summed E-state index contributed by atoms with van der Waals surface area (Å²) in [4.78, 5) is 25.9. The van der Waals surface area contributed by atoms with Gasteiger partial charge < -0.3 is 14.7 Å². The molecule has 0 spiro atoms. The van der Waals surface area contributed by atoms with Gasteiger partial charge in [-0.05, 0) is 63.9 Å². The van der Waals surface area contributed by atoms with E-state index in [4.69, 9.17) is 0 Å². The standard InChI is InChI=1S/C31H43NO4/c1-24(13-9-15-26(3)23-29(33)31(35)36-4)11-8-12-25(2)14-10-18-28-20-22-32(30(28)34)21-19-27-16-6-5-7-17-27/h5-8,11-12,15-17,20,24,29,33H,9-10,13-14,18-19,21-23H2,1-4H3/b11-8+,25-12+,26-15-/t24-,29+/m1/s1. The summed E-state index contributed by atoms with van der Waals surface area (Å²) in [6, 6.07) is 10.3. The maximum atomic E-state index is 12.7. The number of hydrogen-bond donors (Lipinski definition) is 1. The molecule has 1 aromatic carbocycles. The maximum absolute atomic E-state index is 12.7. The molecule has 0 unspecified atom stereocenters. The van der Waals surface area contributed by atoms with E-state index in [0.29, 0.717) is 12.3 Å². The van der Waals surface area contributed by atoms with E-state index in [1.165, 1.54) is 18.2 Å². The van der Waals surface area contributed by atoms with E-state index in [2.05, 4.69) is 61.1 Å². The number of aliphatic hydroxyl groups is 1. The number of methoxy groups -OCH3 is 1. The monoisotopic (exact) mass is 493 g/mol. The molecule has 5 nitrogen and oxygen atoms in total. The van der Waals surface area contributed by atoms with E-state index >= 15 is 0 Å². The number of aliphatic hydroxyl groups excluding tert-OH is 1. The average Bonchev–Trinajstić information content (AvgIpc) is 3.21. The fourth-order valence-electron chi connectivity index (χ4n) is 4.25. The van der Waals surface area contributed by atoms with Crippen molar-refractivity contribution in [3.05, 3.63) is 83.0 Å². The zero-order valence-electron chi connectivity index (χ0n) is 22.4. The van der Waals surface area contributed by atoms with Crippen LogP contribution < -0.4 is 0 Å². The van der Waals surface area contributed by atoms with Gasteiger partial charge in [0, 0.05) is 25.1 Å². The molecule has 1 heterocycles. The summed E-state index contributed by atoms with van der Waals surface area (Å²) < 4.78 is 4.55.